The Balaban J connectivity index is 2.86. The maximum atomic E-state index is 12.9. The molecule has 0 aliphatic heterocycles. The summed E-state index contributed by atoms with van der Waals surface area (Å²) >= 11 is 5.52. The number of rotatable bonds is 5. The standard InChI is InChI=1S/C11H12ClFN2O2S/c1-3-14-8(2)7-15-18(16,17)9-4-5-11(13)10(12)6-9/h3-6,15H,2,7H2,1H3/b14-3-. The molecule has 0 spiro atoms. The molecule has 0 aliphatic carbocycles. The molecule has 7 heteroatoms. The lowest BCUT2D eigenvalue weighted by Gasteiger charge is -2.07. The van der Waals surface area contributed by atoms with Crippen LogP contribution in [0.4, 0.5) is 4.39 Å². The Morgan fingerprint density at radius 2 is 2.28 bits per heavy atom. The topological polar surface area (TPSA) is 58.5 Å². The van der Waals surface area contributed by atoms with E-state index in [9.17, 15) is 12.8 Å². The maximum absolute atomic E-state index is 12.9. The molecule has 0 saturated carbocycles. The third kappa shape index (κ3) is 3.90. The fourth-order valence-electron chi connectivity index (χ4n) is 1.13. The van der Waals surface area contributed by atoms with Gasteiger partial charge in [0.15, 0.2) is 0 Å². The molecule has 0 aromatic heterocycles. The van der Waals surface area contributed by atoms with Crippen LogP contribution in [0.1, 0.15) is 6.92 Å². The number of hydrogen-bond acceptors (Lipinski definition) is 3. The smallest absolute Gasteiger partial charge is 0.240 e. The van der Waals surface area contributed by atoms with Gasteiger partial charge in [-0.3, -0.25) is 4.99 Å². The van der Waals surface area contributed by atoms with Crippen LogP contribution in [0.15, 0.2) is 40.4 Å². The second-order valence-corrected chi connectivity index (χ2v) is 5.53. The van der Waals surface area contributed by atoms with E-state index in [1.54, 1.807) is 6.92 Å². The van der Waals surface area contributed by atoms with Gasteiger partial charge >= 0.3 is 0 Å². The van der Waals surface area contributed by atoms with E-state index < -0.39 is 15.8 Å². The van der Waals surface area contributed by atoms with Gasteiger partial charge in [0.2, 0.25) is 10.0 Å². The SMILES string of the molecule is C=C(CNS(=O)(=O)c1ccc(F)c(Cl)c1)/N=C\C. The molecular formula is C11H12ClFN2O2S. The summed E-state index contributed by atoms with van der Waals surface area (Å²) in [6, 6.07) is 3.18. The van der Waals surface area contributed by atoms with Crippen LogP contribution in [-0.4, -0.2) is 21.2 Å². The number of aliphatic imine (C=N–C) groups is 1. The van der Waals surface area contributed by atoms with Crippen LogP contribution in [0, 0.1) is 5.82 Å². The first-order valence-electron chi connectivity index (χ1n) is 4.98. The van der Waals surface area contributed by atoms with Gasteiger partial charge in [0, 0.05) is 11.9 Å². The second kappa shape index (κ2) is 6.08. The maximum Gasteiger partial charge on any atom is 0.240 e. The predicted molar refractivity (Wildman–Crippen MR) is 69.9 cm³/mol. The fourth-order valence-corrected chi connectivity index (χ4v) is 2.42. The van der Waals surface area contributed by atoms with Gasteiger partial charge in [-0.15, -0.1) is 0 Å². The molecule has 0 unspecified atom stereocenters. The predicted octanol–water partition coefficient (Wildman–Crippen LogP) is 2.36. The molecule has 0 aliphatic rings. The van der Waals surface area contributed by atoms with E-state index in [-0.39, 0.29) is 16.5 Å². The molecule has 1 aromatic carbocycles. The lowest BCUT2D eigenvalue weighted by Crippen LogP contribution is -2.25. The molecule has 1 rings (SSSR count). The van der Waals surface area contributed by atoms with Crippen LogP contribution >= 0.6 is 11.6 Å². The van der Waals surface area contributed by atoms with E-state index in [0.717, 1.165) is 18.2 Å². The lowest BCUT2D eigenvalue weighted by atomic mass is 10.3. The van der Waals surface area contributed by atoms with E-state index in [4.69, 9.17) is 11.6 Å². The van der Waals surface area contributed by atoms with Crippen LogP contribution in [-0.2, 0) is 10.0 Å². The summed E-state index contributed by atoms with van der Waals surface area (Å²) in [6.45, 7) is 5.23. The minimum atomic E-state index is -3.75. The van der Waals surface area contributed by atoms with Crippen molar-refractivity contribution in [3.8, 4) is 0 Å². The average molecular weight is 291 g/mol. The van der Waals surface area contributed by atoms with Gasteiger partial charge in [-0.2, -0.15) is 0 Å². The number of halogens is 2. The van der Waals surface area contributed by atoms with E-state index in [1.165, 1.54) is 6.21 Å². The van der Waals surface area contributed by atoms with Crippen molar-refractivity contribution in [3.63, 3.8) is 0 Å². The quantitative estimate of drug-likeness (QED) is 0.846. The molecule has 0 fully saturated rings. The van der Waals surface area contributed by atoms with E-state index in [0.29, 0.717) is 5.70 Å². The van der Waals surface area contributed by atoms with Crippen molar-refractivity contribution in [1.82, 2.24) is 4.72 Å². The first-order chi connectivity index (χ1) is 8.36. The lowest BCUT2D eigenvalue weighted by molar-refractivity contribution is 0.583. The molecule has 0 radical (unpaired) electrons. The molecule has 1 N–H and O–H groups in total. The largest absolute Gasteiger partial charge is 0.265 e. The number of nitrogens with zero attached hydrogens (tertiary/aromatic N) is 1. The average Bonchev–Trinajstić information content (AvgIpc) is 2.30. The van der Waals surface area contributed by atoms with Crippen molar-refractivity contribution < 1.29 is 12.8 Å². The highest BCUT2D eigenvalue weighted by atomic mass is 35.5. The third-order valence-corrected chi connectivity index (χ3v) is 3.67. The Kier molecular flexibility index (Phi) is 5.01. The zero-order valence-corrected chi connectivity index (χ0v) is 11.2. The summed E-state index contributed by atoms with van der Waals surface area (Å²) < 4.78 is 38.8. The first-order valence-corrected chi connectivity index (χ1v) is 6.84. The van der Waals surface area contributed by atoms with Crippen molar-refractivity contribution in [2.24, 2.45) is 4.99 Å². The van der Waals surface area contributed by atoms with Crippen molar-refractivity contribution in [2.75, 3.05) is 6.54 Å². The number of hydrogen-bond donors (Lipinski definition) is 1. The minimum Gasteiger partial charge on any atom is -0.265 e. The summed E-state index contributed by atoms with van der Waals surface area (Å²) in [7, 11) is -3.75. The Morgan fingerprint density at radius 1 is 1.61 bits per heavy atom. The third-order valence-electron chi connectivity index (χ3n) is 1.98. The van der Waals surface area contributed by atoms with Gasteiger partial charge in [-0.25, -0.2) is 17.5 Å². The van der Waals surface area contributed by atoms with Gasteiger partial charge in [-0.05, 0) is 25.1 Å². The van der Waals surface area contributed by atoms with Gasteiger partial charge in [0.1, 0.15) is 5.82 Å². The number of nitrogens with one attached hydrogen (secondary N) is 1. The molecule has 0 amide bonds. The zero-order valence-electron chi connectivity index (χ0n) is 9.65. The van der Waals surface area contributed by atoms with Gasteiger partial charge in [0.05, 0.1) is 16.5 Å². The van der Waals surface area contributed by atoms with E-state index in [2.05, 4.69) is 16.3 Å². The molecule has 1 aromatic rings. The normalized spacial score (nSPS) is 11.9. The Bertz CT molecular complexity index is 585. The molecule has 0 heterocycles. The Labute approximate surface area is 110 Å². The van der Waals surface area contributed by atoms with Gasteiger partial charge < -0.3 is 0 Å². The van der Waals surface area contributed by atoms with E-state index >= 15 is 0 Å². The number of benzene rings is 1. The monoisotopic (exact) mass is 290 g/mol. The number of sulfonamides is 1. The van der Waals surface area contributed by atoms with Crippen LogP contribution in [0.25, 0.3) is 0 Å². The molecule has 0 bridgehead atoms. The van der Waals surface area contributed by atoms with Crippen LogP contribution in [0.3, 0.4) is 0 Å². The van der Waals surface area contributed by atoms with Crippen LogP contribution < -0.4 is 4.72 Å². The molecular weight excluding hydrogens is 279 g/mol. The second-order valence-electron chi connectivity index (χ2n) is 3.35. The fraction of sp³-hybridized carbons (Fsp3) is 0.182. The molecule has 4 nitrogen and oxygen atoms in total. The van der Waals surface area contributed by atoms with E-state index in [1.807, 2.05) is 0 Å². The van der Waals surface area contributed by atoms with Crippen molar-refractivity contribution in [3.05, 3.63) is 41.3 Å². The van der Waals surface area contributed by atoms with Crippen LogP contribution in [0.5, 0.6) is 0 Å². The molecule has 0 saturated heterocycles. The zero-order chi connectivity index (χ0) is 13.8. The summed E-state index contributed by atoms with van der Waals surface area (Å²) in [6.07, 6.45) is 1.51. The highest BCUT2D eigenvalue weighted by Gasteiger charge is 2.15. The summed E-state index contributed by atoms with van der Waals surface area (Å²) in [5.41, 5.74) is 0.370. The Hall–Kier alpha value is -1.24. The van der Waals surface area contributed by atoms with Crippen LogP contribution in [0.2, 0.25) is 5.02 Å². The molecule has 0 atom stereocenters. The van der Waals surface area contributed by atoms with Gasteiger partial charge in [0.25, 0.3) is 0 Å². The van der Waals surface area contributed by atoms with Gasteiger partial charge in [-0.1, -0.05) is 18.2 Å². The van der Waals surface area contributed by atoms with Crippen molar-refractivity contribution in [1.29, 1.82) is 0 Å². The first kappa shape index (κ1) is 14.8. The Morgan fingerprint density at radius 3 is 2.83 bits per heavy atom. The summed E-state index contributed by atoms with van der Waals surface area (Å²) in [4.78, 5) is 3.71. The minimum absolute atomic E-state index is 0.0261. The summed E-state index contributed by atoms with van der Waals surface area (Å²) in [5.74, 6) is -0.671. The highest BCUT2D eigenvalue weighted by molar-refractivity contribution is 7.89. The highest BCUT2D eigenvalue weighted by Crippen LogP contribution is 2.19. The molecule has 18 heavy (non-hydrogen) atoms. The van der Waals surface area contributed by atoms with Crippen molar-refractivity contribution >= 4 is 27.8 Å². The summed E-state index contributed by atoms with van der Waals surface area (Å²) in [5, 5.41) is -0.247. The molecule has 98 valence electrons. The van der Waals surface area contributed by atoms with Crippen molar-refractivity contribution in [2.45, 2.75) is 11.8 Å².